The number of ether oxygens (including phenoxy) is 1. The number of amides is 1. The molecule has 0 bridgehead atoms. The van der Waals surface area contributed by atoms with E-state index in [2.05, 4.69) is 4.74 Å². The second-order valence-electron chi connectivity index (χ2n) is 3.26. The SMILES string of the molecule is CCC(=O)N1CCC(O)[C@H]1C(=O)OC. The maximum absolute atomic E-state index is 11.4. The van der Waals surface area contributed by atoms with Crippen molar-refractivity contribution in [1.29, 1.82) is 0 Å². The van der Waals surface area contributed by atoms with Crippen molar-refractivity contribution in [3.8, 4) is 0 Å². The topological polar surface area (TPSA) is 66.8 Å². The highest BCUT2D eigenvalue weighted by Gasteiger charge is 2.41. The molecule has 0 saturated carbocycles. The van der Waals surface area contributed by atoms with Gasteiger partial charge in [0.25, 0.3) is 0 Å². The molecule has 1 saturated heterocycles. The number of esters is 1. The van der Waals surface area contributed by atoms with Crippen molar-refractivity contribution in [2.24, 2.45) is 0 Å². The van der Waals surface area contributed by atoms with Crippen molar-refractivity contribution in [3.63, 3.8) is 0 Å². The molecule has 1 amide bonds. The fraction of sp³-hybridized carbons (Fsp3) is 0.778. The summed E-state index contributed by atoms with van der Waals surface area (Å²) in [5.74, 6) is -0.672. The van der Waals surface area contributed by atoms with Crippen molar-refractivity contribution >= 4 is 11.9 Å². The number of hydrogen-bond donors (Lipinski definition) is 1. The summed E-state index contributed by atoms with van der Waals surface area (Å²) < 4.78 is 4.54. The maximum Gasteiger partial charge on any atom is 0.331 e. The van der Waals surface area contributed by atoms with Gasteiger partial charge >= 0.3 is 5.97 Å². The smallest absolute Gasteiger partial charge is 0.331 e. The van der Waals surface area contributed by atoms with Gasteiger partial charge in [-0.15, -0.1) is 0 Å². The van der Waals surface area contributed by atoms with Gasteiger partial charge in [0.1, 0.15) is 0 Å². The third-order valence-electron chi connectivity index (χ3n) is 2.43. The number of aliphatic hydroxyl groups is 1. The number of carbonyl (C=O) groups is 2. The van der Waals surface area contributed by atoms with E-state index in [-0.39, 0.29) is 5.91 Å². The zero-order chi connectivity index (χ0) is 10.7. The molecule has 0 radical (unpaired) electrons. The van der Waals surface area contributed by atoms with Gasteiger partial charge in [0.2, 0.25) is 5.91 Å². The molecule has 1 N–H and O–H groups in total. The third-order valence-corrected chi connectivity index (χ3v) is 2.43. The number of nitrogens with zero attached hydrogens (tertiary/aromatic N) is 1. The van der Waals surface area contributed by atoms with Crippen molar-refractivity contribution in [2.45, 2.75) is 31.9 Å². The van der Waals surface area contributed by atoms with E-state index in [0.717, 1.165) is 0 Å². The highest BCUT2D eigenvalue weighted by molar-refractivity contribution is 5.85. The van der Waals surface area contributed by atoms with Crippen LogP contribution in [0.5, 0.6) is 0 Å². The first-order valence-corrected chi connectivity index (χ1v) is 4.67. The average Bonchev–Trinajstić information content (AvgIpc) is 2.58. The molecule has 2 atom stereocenters. The van der Waals surface area contributed by atoms with E-state index in [1.54, 1.807) is 6.92 Å². The first-order valence-electron chi connectivity index (χ1n) is 4.67. The van der Waals surface area contributed by atoms with Crippen LogP contribution in [0.2, 0.25) is 0 Å². The minimum Gasteiger partial charge on any atom is -0.467 e. The number of likely N-dealkylation sites (tertiary alicyclic amines) is 1. The minimum atomic E-state index is -0.813. The first-order chi connectivity index (χ1) is 6.61. The normalized spacial score (nSPS) is 26.4. The number of aliphatic hydroxyl groups excluding tert-OH is 1. The van der Waals surface area contributed by atoms with E-state index in [4.69, 9.17) is 0 Å². The van der Waals surface area contributed by atoms with E-state index in [9.17, 15) is 14.7 Å². The summed E-state index contributed by atoms with van der Waals surface area (Å²) in [7, 11) is 1.25. The fourth-order valence-electron chi connectivity index (χ4n) is 1.66. The molecular formula is C9H15NO4. The van der Waals surface area contributed by atoms with Crippen LogP contribution in [-0.2, 0) is 14.3 Å². The van der Waals surface area contributed by atoms with Crippen molar-refractivity contribution in [3.05, 3.63) is 0 Å². The standard InChI is InChI=1S/C9H15NO4/c1-3-7(12)10-5-4-6(11)8(10)9(13)14-2/h6,8,11H,3-5H2,1-2H3/t6?,8-/m0/s1. The van der Waals surface area contributed by atoms with E-state index >= 15 is 0 Å². The molecule has 1 unspecified atom stereocenters. The number of hydrogen-bond acceptors (Lipinski definition) is 4. The van der Waals surface area contributed by atoms with Crippen LogP contribution < -0.4 is 0 Å². The Labute approximate surface area is 82.6 Å². The number of carbonyl (C=O) groups excluding carboxylic acids is 2. The molecular weight excluding hydrogens is 186 g/mol. The van der Waals surface area contributed by atoms with Crippen LogP contribution in [0.25, 0.3) is 0 Å². The van der Waals surface area contributed by atoms with Crippen molar-refractivity contribution in [1.82, 2.24) is 4.90 Å². The fourth-order valence-corrected chi connectivity index (χ4v) is 1.66. The molecule has 1 heterocycles. The Balaban J connectivity index is 2.76. The van der Waals surface area contributed by atoms with Crippen LogP contribution in [0.3, 0.4) is 0 Å². The van der Waals surface area contributed by atoms with Crippen LogP contribution in [0.15, 0.2) is 0 Å². The summed E-state index contributed by atoms with van der Waals surface area (Å²) in [4.78, 5) is 24.1. The molecule has 0 spiro atoms. The Morgan fingerprint density at radius 2 is 2.21 bits per heavy atom. The molecule has 5 nitrogen and oxygen atoms in total. The predicted octanol–water partition coefficient (Wildman–Crippen LogP) is -0.469. The summed E-state index contributed by atoms with van der Waals surface area (Å²) in [6, 6.07) is -0.813. The minimum absolute atomic E-state index is 0.128. The summed E-state index contributed by atoms with van der Waals surface area (Å²) in [5.41, 5.74) is 0. The zero-order valence-electron chi connectivity index (χ0n) is 8.40. The Kier molecular flexibility index (Phi) is 3.46. The molecule has 0 aliphatic carbocycles. The van der Waals surface area contributed by atoms with Gasteiger partial charge < -0.3 is 14.7 Å². The summed E-state index contributed by atoms with van der Waals surface area (Å²) in [5, 5.41) is 9.51. The first kappa shape index (κ1) is 11.0. The van der Waals surface area contributed by atoms with Crippen molar-refractivity contribution in [2.75, 3.05) is 13.7 Å². The summed E-state index contributed by atoms with van der Waals surface area (Å²) >= 11 is 0. The molecule has 0 aromatic rings. The van der Waals surface area contributed by atoms with E-state index in [1.165, 1.54) is 12.0 Å². The van der Waals surface area contributed by atoms with Gasteiger partial charge in [0.15, 0.2) is 6.04 Å². The van der Waals surface area contributed by atoms with Crippen molar-refractivity contribution < 1.29 is 19.4 Å². The second-order valence-corrected chi connectivity index (χ2v) is 3.26. The van der Waals surface area contributed by atoms with E-state index < -0.39 is 18.1 Å². The average molecular weight is 201 g/mol. The van der Waals surface area contributed by atoms with Gasteiger partial charge in [-0.25, -0.2) is 4.79 Å². The lowest BCUT2D eigenvalue weighted by molar-refractivity contribution is -0.153. The van der Waals surface area contributed by atoms with Gasteiger partial charge in [-0.3, -0.25) is 4.79 Å². The molecule has 0 aromatic carbocycles. The lowest BCUT2D eigenvalue weighted by Gasteiger charge is -2.23. The molecule has 14 heavy (non-hydrogen) atoms. The van der Waals surface area contributed by atoms with Crippen LogP contribution in [0, 0.1) is 0 Å². The summed E-state index contributed by atoms with van der Waals surface area (Å²) in [6.45, 7) is 2.15. The highest BCUT2D eigenvalue weighted by Crippen LogP contribution is 2.19. The molecule has 1 aliphatic heterocycles. The monoisotopic (exact) mass is 201 g/mol. The Morgan fingerprint density at radius 3 is 2.71 bits per heavy atom. The Bertz CT molecular complexity index is 241. The van der Waals surface area contributed by atoms with Gasteiger partial charge in [0.05, 0.1) is 13.2 Å². The summed E-state index contributed by atoms with van der Waals surface area (Å²) in [6.07, 6.45) is -0.0240. The van der Waals surface area contributed by atoms with Crippen LogP contribution in [-0.4, -0.2) is 47.7 Å². The molecule has 1 aliphatic rings. The Morgan fingerprint density at radius 1 is 1.57 bits per heavy atom. The lowest BCUT2D eigenvalue weighted by atomic mass is 10.1. The highest BCUT2D eigenvalue weighted by atomic mass is 16.5. The molecule has 1 rings (SSSR count). The molecule has 5 heteroatoms. The second kappa shape index (κ2) is 4.41. The Hall–Kier alpha value is -1.10. The van der Waals surface area contributed by atoms with Crippen LogP contribution in [0.4, 0.5) is 0 Å². The van der Waals surface area contributed by atoms with Gasteiger partial charge in [-0.2, -0.15) is 0 Å². The largest absolute Gasteiger partial charge is 0.467 e. The number of rotatable bonds is 2. The molecule has 1 fully saturated rings. The third kappa shape index (κ3) is 1.87. The van der Waals surface area contributed by atoms with Crippen LogP contribution in [0.1, 0.15) is 19.8 Å². The molecule has 80 valence electrons. The predicted molar refractivity (Wildman–Crippen MR) is 48.4 cm³/mol. The van der Waals surface area contributed by atoms with E-state index in [1.807, 2.05) is 0 Å². The van der Waals surface area contributed by atoms with Crippen LogP contribution >= 0.6 is 0 Å². The van der Waals surface area contributed by atoms with Gasteiger partial charge in [-0.05, 0) is 6.42 Å². The van der Waals surface area contributed by atoms with E-state index in [0.29, 0.717) is 19.4 Å². The number of methoxy groups -OCH3 is 1. The van der Waals surface area contributed by atoms with Gasteiger partial charge in [0, 0.05) is 13.0 Å². The maximum atomic E-state index is 11.4. The van der Waals surface area contributed by atoms with Gasteiger partial charge in [-0.1, -0.05) is 6.92 Å². The zero-order valence-corrected chi connectivity index (χ0v) is 8.40. The quantitative estimate of drug-likeness (QED) is 0.613. The molecule has 0 aromatic heterocycles. The lowest BCUT2D eigenvalue weighted by Crippen LogP contribution is -2.45.